The lowest BCUT2D eigenvalue weighted by molar-refractivity contribution is 0.379. The van der Waals surface area contributed by atoms with E-state index >= 15 is 0 Å². The van der Waals surface area contributed by atoms with Crippen LogP contribution in [0.3, 0.4) is 0 Å². The predicted molar refractivity (Wildman–Crippen MR) is 69.8 cm³/mol. The van der Waals surface area contributed by atoms with Crippen molar-refractivity contribution in [2.24, 2.45) is 11.7 Å². The van der Waals surface area contributed by atoms with Gasteiger partial charge in [0.15, 0.2) is 0 Å². The molecule has 17 heavy (non-hydrogen) atoms. The van der Waals surface area contributed by atoms with Crippen LogP contribution in [0.25, 0.3) is 0 Å². The van der Waals surface area contributed by atoms with Gasteiger partial charge in [0.25, 0.3) is 10.2 Å². The first kappa shape index (κ1) is 14.9. The molecule has 0 aromatic rings. The molecule has 0 spiro atoms. The highest BCUT2D eigenvalue weighted by molar-refractivity contribution is 7.87. The van der Waals surface area contributed by atoms with Crippen LogP contribution in [-0.4, -0.2) is 38.4 Å². The van der Waals surface area contributed by atoms with E-state index in [1.807, 2.05) is 13.8 Å². The van der Waals surface area contributed by atoms with Crippen LogP contribution in [0.2, 0.25) is 0 Å². The minimum Gasteiger partial charge on any atom is -0.324 e. The molecule has 0 bridgehead atoms. The highest BCUT2D eigenvalue weighted by atomic mass is 32.2. The third-order valence-corrected chi connectivity index (χ3v) is 5.12. The number of hydrogen-bond acceptors (Lipinski definition) is 3. The van der Waals surface area contributed by atoms with Crippen molar-refractivity contribution >= 4 is 10.2 Å². The van der Waals surface area contributed by atoms with Crippen molar-refractivity contribution in [2.45, 2.75) is 45.1 Å². The molecule has 1 fully saturated rings. The summed E-state index contributed by atoms with van der Waals surface area (Å²) < 4.78 is 27.9. The molecular formula is C11H25N3O2S. The number of nitrogens with zero attached hydrogens (tertiary/aromatic N) is 1. The highest BCUT2D eigenvalue weighted by Gasteiger charge is 2.29. The largest absolute Gasteiger partial charge is 0.324 e. The van der Waals surface area contributed by atoms with E-state index in [9.17, 15) is 8.42 Å². The van der Waals surface area contributed by atoms with E-state index in [1.54, 1.807) is 7.05 Å². The third-order valence-electron chi connectivity index (χ3n) is 3.64. The van der Waals surface area contributed by atoms with Gasteiger partial charge in [-0.25, -0.2) is 4.72 Å². The molecule has 0 saturated heterocycles. The zero-order chi connectivity index (χ0) is 13.1. The molecular weight excluding hydrogens is 238 g/mol. The molecule has 1 aliphatic carbocycles. The van der Waals surface area contributed by atoms with Crippen molar-refractivity contribution in [3.8, 4) is 0 Å². The van der Waals surface area contributed by atoms with Gasteiger partial charge in [0.1, 0.15) is 0 Å². The molecule has 0 aliphatic heterocycles. The van der Waals surface area contributed by atoms with Gasteiger partial charge in [-0.2, -0.15) is 12.7 Å². The van der Waals surface area contributed by atoms with E-state index in [1.165, 1.54) is 4.31 Å². The van der Waals surface area contributed by atoms with Gasteiger partial charge in [-0.3, -0.25) is 0 Å². The Labute approximate surface area is 105 Å². The van der Waals surface area contributed by atoms with Gasteiger partial charge in [0.05, 0.1) is 0 Å². The summed E-state index contributed by atoms with van der Waals surface area (Å²) in [7, 11) is -1.74. The first-order valence-electron chi connectivity index (χ1n) is 6.33. The van der Waals surface area contributed by atoms with Crippen LogP contribution >= 0.6 is 0 Å². The fourth-order valence-corrected chi connectivity index (χ4v) is 2.70. The molecule has 6 heteroatoms. The van der Waals surface area contributed by atoms with Gasteiger partial charge in [-0.05, 0) is 31.6 Å². The van der Waals surface area contributed by atoms with Crippen LogP contribution in [0.4, 0.5) is 0 Å². The minimum atomic E-state index is -3.37. The van der Waals surface area contributed by atoms with Crippen molar-refractivity contribution in [3.05, 3.63) is 0 Å². The maximum Gasteiger partial charge on any atom is 0.279 e. The lowest BCUT2D eigenvalue weighted by Crippen LogP contribution is -2.51. The molecule has 0 atom stereocenters. The maximum absolute atomic E-state index is 11.9. The van der Waals surface area contributed by atoms with E-state index in [2.05, 4.69) is 4.72 Å². The summed E-state index contributed by atoms with van der Waals surface area (Å²) in [5.74, 6) is 0.552. The van der Waals surface area contributed by atoms with Crippen molar-refractivity contribution in [3.63, 3.8) is 0 Å². The average Bonchev–Trinajstić information content (AvgIpc) is 3.10. The molecule has 3 N–H and O–H groups in total. The van der Waals surface area contributed by atoms with Crippen molar-refractivity contribution in [1.29, 1.82) is 0 Å². The maximum atomic E-state index is 11.9. The van der Waals surface area contributed by atoms with Crippen LogP contribution in [0.5, 0.6) is 0 Å². The van der Waals surface area contributed by atoms with Crippen LogP contribution in [0.1, 0.15) is 39.5 Å². The summed E-state index contributed by atoms with van der Waals surface area (Å²) >= 11 is 0. The molecule has 1 aliphatic rings. The van der Waals surface area contributed by atoms with Crippen LogP contribution in [0.15, 0.2) is 0 Å². The topological polar surface area (TPSA) is 75.4 Å². The van der Waals surface area contributed by atoms with E-state index in [-0.39, 0.29) is 0 Å². The summed E-state index contributed by atoms with van der Waals surface area (Å²) in [6, 6.07) is 0. The summed E-state index contributed by atoms with van der Waals surface area (Å²) in [4.78, 5) is 0. The lowest BCUT2D eigenvalue weighted by Gasteiger charge is -2.28. The lowest BCUT2D eigenvalue weighted by atomic mass is 9.95. The first-order valence-corrected chi connectivity index (χ1v) is 7.77. The summed E-state index contributed by atoms with van der Waals surface area (Å²) in [5, 5.41) is 0. The molecule has 102 valence electrons. The number of hydrogen-bond donors (Lipinski definition) is 2. The third kappa shape index (κ3) is 4.54. The second-order valence-corrected chi connectivity index (χ2v) is 6.98. The molecule has 1 rings (SSSR count). The molecule has 0 unspecified atom stereocenters. The van der Waals surface area contributed by atoms with Crippen LogP contribution in [0, 0.1) is 5.92 Å². The Morgan fingerprint density at radius 3 is 2.29 bits per heavy atom. The highest BCUT2D eigenvalue weighted by Crippen LogP contribution is 2.29. The second-order valence-electron chi connectivity index (χ2n) is 5.12. The SMILES string of the molecule is CCC(N)(CC)CNS(=O)(=O)N(C)CC1CC1. The van der Waals surface area contributed by atoms with Crippen molar-refractivity contribution in [1.82, 2.24) is 9.03 Å². The smallest absolute Gasteiger partial charge is 0.279 e. The molecule has 1 saturated carbocycles. The summed E-state index contributed by atoms with van der Waals surface area (Å²) in [6.45, 7) is 4.87. The van der Waals surface area contributed by atoms with E-state index in [4.69, 9.17) is 5.73 Å². The van der Waals surface area contributed by atoms with Gasteiger partial charge in [-0.1, -0.05) is 13.8 Å². The Bertz CT molecular complexity index is 335. The number of rotatable bonds is 8. The van der Waals surface area contributed by atoms with Crippen LogP contribution < -0.4 is 10.5 Å². The van der Waals surface area contributed by atoms with Gasteiger partial charge in [0.2, 0.25) is 0 Å². The Balaban J connectivity index is 2.47. The molecule has 0 aromatic heterocycles. The average molecular weight is 263 g/mol. The monoisotopic (exact) mass is 263 g/mol. The minimum absolute atomic E-state index is 0.303. The predicted octanol–water partition coefficient (Wildman–Crippen LogP) is 0.680. The second kappa shape index (κ2) is 5.65. The van der Waals surface area contributed by atoms with Crippen molar-refractivity contribution < 1.29 is 8.42 Å². The fraction of sp³-hybridized carbons (Fsp3) is 1.00. The molecule has 5 nitrogen and oxygen atoms in total. The zero-order valence-electron chi connectivity index (χ0n) is 11.1. The van der Waals surface area contributed by atoms with Gasteiger partial charge >= 0.3 is 0 Å². The van der Waals surface area contributed by atoms with E-state index in [0.29, 0.717) is 19.0 Å². The van der Waals surface area contributed by atoms with Gasteiger partial charge < -0.3 is 5.73 Å². The standard InChI is InChI=1S/C11H25N3O2S/c1-4-11(12,5-2)9-13-17(15,16)14(3)8-10-6-7-10/h10,13H,4-9,12H2,1-3H3. The molecule has 0 aromatic carbocycles. The Morgan fingerprint density at radius 1 is 1.35 bits per heavy atom. The molecule has 0 amide bonds. The van der Waals surface area contributed by atoms with Gasteiger partial charge in [-0.15, -0.1) is 0 Å². The van der Waals surface area contributed by atoms with E-state index < -0.39 is 15.7 Å². The van der Waals surface area contributed by atoms with Gasteiger partial charge in [0, 0.05) is 25.7 Å². The Morgan fingerprint density at radius 2 is 1.88 bits per heavy atom. The van der Waals surface area contributed by atoms with Crippen LogP contribution in [-0.2, 0) is 10.2 Å². The summed E-state index contributed by atoms with van der Waals surface area (Å²) in [5.41, 5.74) is 5.64. The normalized spacial score (nSPS) is 17.7. The Hall–Kier alpha value is -0.170. The quantitative estimate of drug-likeness (QED) is 0.676. The molecule has 0 radical (unpaired) electrons. The summed E-state index contributed by atoms with van der Waals surface area (Å²) in [6.07, 6.45) is 3.81. The van der Waals surface area contributed by atoms with E-state index in [0.717, 1.165) is 25.7 Å². The number of nitrogens with two attached hydrogens (primary N) is 1. The fourth-order valence-electron chi connectivity index (χ4n) is 1.61. The Kier molecular flexibility index (Phi) is 4.95. The molecule has 0 heterocycles. The first-order chi connectivity index (χ1) is 7.83. The van der Waals surface area contributed by atoms with Crippen molar-refractivity contribution in [2.75, 3.05) is 20.1 Å². The zero-order valence-corrected chi connectivity index (χ0v) is 11.9. The number of nitrogens with one attached hydrogen (secondary N) is 1.